The van der Waals surface area contributed by atoms with E-state index in [-0.39, 0.29) is 23.6 Å². The maximum atomic E-state index is 11.7. The minimum absolute atomic E-state index is 0.134. The third kappa shape index (κ3) is 4.73. The average Bonchev–Trinajstić information content (AvgIpc) is 2.52. The van der Waals surface area contributed by atoms with Crippen LogP contribution in [0, 0.1) is 5.92 Å². The number of benzene rings is 1. The van der Waals surface area contributed by atoms with Crippen molar-refractivity contribution < 1.29 is 19.8 Å². The van der Waals surface area contributed by atoms with Crippen LogP contribution in [0.25, 0.3) is 0 Å². The lowest BCUT2D eigenvalue weighted by Gasteiger charge is -2.27. The monoisotopic (exact) mass is 306 g/mol. The van der Waals surface area contributed by atoms with Gasteiger partial charge in [-0.15, -0.1) is 0 Å². The second-order valence-corrected chi connectivity index (χ2v) is 5.68. The maximum Gasteiger partial charge on any atom is 0.335 e. The van der Waals surface area contributed by atoms with Gasteiger partial charge < -0.3 is 20.8 Å². The molecule has 120 valence electrons. The topological polar surface area (TPSA) is 98.7 Å². The SMILES string of the molecule is O=C(NCc1ccc(C(=O)O)cc1)NC[C@@H]1CCCC[C@H]1O. The van der Waals surface area contributed by atoms with Crippen LogP contribution in [0.4, 0.5) is 4.79 Å². The standard InChI is InChI=1S/C16H22N2O4/c19-14-4-2-1-3-13(14)10-18-16(22)17-9-11-5-7-12(8-6-11)15(20)21/h5-8,13-14,19H,1-4,9-10H2,(H,20,21)(H2,17,18,22)/t13-,14+/m0/s1. The fourth-order valence-corrected chi connectivity index (χ4v) is 2.66. The van der Waals surface area contributed by atoms with E-state index in [1.165, 1.54) is 12.1 Å². The van der Waals surface area contributed by atoms with Gasteiger partial charge in [-0.1, -0.05) is 25.0 Å². The molecule has 0 unspecified atom stereocenters. The Balaban J connectivity index is 1.72. The lowest BCUT2D eigenvalue weighted by atomic mass is 9.86. The average molecular weight is 306 g/mol. The molecule has 1 aliphatic carbocycles. The van der Waals surface area contributed by atoms with E-state index < -0.39 is 5.97 Å². The molecule has 0 spiro atoms. The molecule has 6 nitrogen and oxygen atoms in total. The van der Waals surface area contributed by atoms with Gasteiger partial charge in [-0.2, -0.15) is 0 Å². The molecule has 1 aromatic rings. The minimum atomic E-state index is -0.969. The number of carbonyl (C=O) groups is 2. The lowest BCUT2D eigenvalue weighted by molar-refractivity contribution is 0.0694. The van der Waals surface area contributed by atoms with Gasteiger partial charge >= 0.3 is 12.0 Å². The predicted molar refractivity (Wildman–Crippen MR) is 81.6 cm³/mol. The maximum absolute atomic E-state index is 11.7. The lowest BCUT2D eigenvalue weighted by Crippen LogP contribution is -2.41. The summed E-state index contributed by atoms with van der Waals surface area (Å²) < 4.78 is 0. The molecule has 1 fully saturated rings. The number of carbonyl (C=O) groups excluding carboxylic acids is 1. The van der Waals surface area contributed by atoms with Crippen LogP contribution in [0.15, 0.2) is 24.3 Å². The summed E-state index contributed by atoms with van der Waals surface area (Å²) in [5.41, 5.74) is 1.05. The molecule has 0 heterocycles. The first-order valence-corrected chi connectivity index (χ1v) is 7.58. The summed E-state index contributed by atoms with van der Waals surface area (Å²) in [6.45, 7) is 0.809. The minimum Gasteiger partial charge on any atom is -0.478 e. The first-order chi connectivity index (χ1) is 10.6. The smallest absolute Gasteiger partial charge is 0.335 e. The van der Waals surface area contributed by atoms with Gasteiger partial charge in [0.15, 0.2) is 0 Å². The molecule has 1 aliphatic rings. The van der Waals surface area contributed by atoms with Gasteiger partial charge in [-0.05, 0) is 30.5 Å². The van der Waals surface area contributed by atoms with Crippen LogP contribution in [-0.2, 0) is 6.54 Å². The number of carboxylic acid groups (broad SMARTS) is 1. The fraction of sp³-hybridized carbons (Fsp3) is 0.500. The van der Waals surface area contributed by atoms with E-state index in [4.69, 9.17) is 5.11 Å². The van der Waals surface area contributed by atoms with Crippen molar-refractivity contribution in [2.75, 3.05) is 6.54 Å². The highest BCUT2D eigenvalue weighted by molar-refractivity contribution is 5.87. The van der Waals surface area contributed by atoms with E-state index in [1.54, 1.807) is 12.1 Å². The number of aromatic carboxylic acids is 1. The van der Waals surface area contributed by atoms with E-state index in [0.29, 0.717) is 13.1 Å². The molecular formula is C16H22N2O4. The van der Waals surface area contributed by atoms with Crippen LogP contribution >= 0.6 is 0 Å². The highest BCUT2D eigenvalue weighted by atomic mass is 16.4. The zero-order valence-electron chi connectivity index (χ0n) is 12.4. The Labute approximate surface area is 129 Å². The summed E-state index contributed by atoms with van der Waals surface area (Å²) in [7, 11) is 0. The van der Waals surface area contributed by atoms with Gasteiger partial charge in [-0.25, -0.2) is 9.59 Å². The van der Waals surface area contributed by atoms with Gasteiger partial charge in [0.05, 0.1) is 11.7 Å². The highest BCUT2D eigenvalue weighted by Crippen LogP contribution is 2.23. The molecule has 0 aromatic heterocycles. The predicted octanol–water partition coefficient (Wildman–Crippen LogP) is 1.74. The number of rotatable bonds is 5. The van der Waals surface area contributed by atoms with Gasteiger partial charge in [-0.3, -0.25) is 0 Å². The molecular weight excluding hydrogens is 284 g/mol. The molecule has 0 radical (unpaired) electrons. The number of amides is 2. The molecule has 2 atom stereocenters. The van der Waals surface area contributed by atoms with Crippen LogP contribution < -0.4 is 10.6 Å². The summed E-state index contributed by atoms with van der Waals surface area (Å²) >= 11 is 0. The third-order valence-corrected chi connectivity index (χ3v) is 4.05. The molecule has 0 aliphatic heterocycles. The van der Waals surface area contributed by atoms with Gasteiger partial charge in [0.1, 0.15) is 0 Å². The second-order valence-electron chi connectivity index (χ2n) is 5.68. The Bertz CT molecular complexity index is 515. The fourth-order valence-electron chi connectivity index (χ4n) is 2.66. The third-order valence-electron chi connectivity index (χ3n) is 4.05. The van der Waals surface area contributed by atoms with Crippen LogP contribution in [0.2, 0.25) is 0 Å². The molecule has 1 aromatic carbocycles. The zero-order valence-corrected chi connectivity index (χ0v) is 12.4. The number of hydrogen-bond acceptors (Lipinski definition) is 3. The van der Waals surface area contributed by atoms with Crippen molar-refractivity contribution in [3.8, 4) is 0 Å². The van der Waals surface area contributed by atoms with Crippen LogP contribution in [0.5, 0.6) is 0 Å². The molecule has 2 rings (SSSR count). The van der Waals surface area contributed by atoms with Crippen molar-refractivity contribution in [1.29, 1.82) is 0 Å². The molecule has 22 heavy (non-hydrogen) atoms. The Kier molecular flexibility index (Phi) is 5.77. The Morgan fingerprint density at radius 2 is 1.77 bits per heavy atom. The number of nitrogens with one attached hydrogen (secondary N) is 2. The van der Waals surface area contributed by atoms with Crippen LogP contribution in [-0.4, -0.2) is 34.9 Å². The number of urea groups is 1. The zero-order chi connectivity index (χ0) is 15.9. The number of aliphatic hydroxyl groups is 1. The van der Waals surface area contributed by atoms with Crippen LogP contribution in [0.1, 0.15) is 41.6 Å². The number of aliphatic hydroxyl groups excluding tert-OH is 1. The summed E-state index contributed by atoms with van der Waals surface area (Å²) in [6, 6.07) is 6.09. The van der Waals surface area contributed by atoms with Crippen molar-refractivity contribution in [3.05, 3.63) is 35.4 Å². The molecule has 2 amide bonds. The normalized spacial score (nSPS) is 21.1. The summed E-state index contributed by atoms with van der Waals surface area (Å²) in [6.07, 6.45) is 3.58. The van der Waals surface area contributed by atoms with E-state index in [1.807, 2.05) is 0 Å². The van der Waals surface area contributed by atoms with E-state index in [2.05, 4.69) is 10.6 Å². The van der Waals surface area contributed by atoms with E-state index >= 15 is 0 Å². The quantitative estimate of drug-likeness (QED) is 0.666. The van der Waals surface area contributed by atoms with Crippen LogP contribution in [0.3, 0.4) is 0 Å². The van der Waals surface area contributed by atoms with Crippen molar-refractivity contribution in [2.45, 2.75) is 38.3 Å². The van der Waals surface area contributed by atoms with Gasteiger partial charge in [0.25, 0.3) is 0 Å². The molecule has 1 saturated carbocycles. The van der Waals surface area contributed by atoms with Gasteiger partial charge in [0.2, 0.25) is 0 Å². The Morgan fingerprint density at radius 3 is 2.41 bits per heavy atom. The van der Waals surface area contributed by atoms with Crippen molar-refractivity contribution in [3.63, 3.8) is 0 Å². The van der Waals surface area contributed by atoms with Crippen molar-refractivity contribution in [1.82, 2.24) is 10.6 Å². The summed E-state index contributed by atoms with van der Waals surface area (Å²) in [5, 5.41) is 24.2. The molecule has 0 bridgehead atoms. The first-order valence-electron chi connectivity index (χ1n) is 7.58. The van der Waals surface area contributed by atoms with E-state index in [0.717, 1.165) is 31.2 Å². The van der Waals surface area contributed by atoms with Gasteiger partial charge in [0, 0.05) is 19.0 Å². The molecule has 6 heteroatoms. The molecule has 0 saturated heterocycles. The largest absolute Gasteiger partial charge is 0.478 e. The molecule has 4 N–H and O–H groups in total. The van der Waals surface area contributed by atoms with E-state index in [9.17, 15) is 14.7 Å². The summed E-state index contributed by atoms with van der Waals surface area (Å²) in [4.78, 5) is 22.5. The Morgan fingerprint density at radius 1 is 1.09 bits per heavy atom. The highest BCUT2D eigenvalue weighted by Gasteiger charge is 2.23. The summed E-state index contributed by atoms with van der Waals surface area (Å²) in [5.74, 6) is -0.836. The first kappa shape index (κ1) is 16.3. The number of hydrogen-bond donors (Lipinski definition) is 4. The van der Waals surface area contributed by atoms with Crippen molar-refractivity contribution >= 4 is 12.0 Å². The second kappa shape index (κ2) is 7.79. The Hall–Kier alpha value is -2.08. The van der Waals surface area contributed by atoms with Crippen molar-refractivity contribution in [2.24, 2.45) is 5.92 Å². The number of carboxylic acids is 1.